The first kappa shape index (κ1) is 21.8. The lowest BCUT2D eigenvalue weighted by molar-refractivity contribution is -0.113. The predicted octanol–water partition coefficient (Wildman–Crippen LogP) is 4.39. The summed E-state index contributed by atoms with van der Waals surface area (Å²) in [6.45, 7) is 4.08. The fraction of sp³-hybridized carbons (Fsp3) is 0.600. The van der Waals surface area contributed by atoms with Gasteiger partial charge in [-0.25, -0.2) is 4.79 Å². The average molecular weight is 437 g/mol. The van der Waals surface area contributed by atoms with E-state index in [1.807, 2.05) is 18.5 Å². The lowest BCUT2D eigenvalue weighted by Gasteiger charge is -2.20. The van der Waals surface area contributed by atoms with Crippen LogP contribution < -0.4 is 5.32 Å². The van der Waals surface area contributed by atoms with Gasteiger partial charge in [0, 0.05) is 17.8 Å². The van der Waals surface area contributed by atoms with Gasteiger partial charge in [0.05, 0.1) is 17.9 Å². The van der Waals surface area contributed by atoms with Gasteiger partial charge in [0.1, 0.15) is 10.8 Å². The first-order valence-corrected chi connectivity index (χ1v) is 11.9. The summed E-state index contributed by atoms with van der Waals surface area (Å²) >= 11 is 2.78. The van der Waals surface area contributed by atoms with Gasteiger partial charge in [0.15, 0.2) is 5.16 Å². The van der Waals surface area contributed by atoms with Gasteiger partial charge in [-0.05, 0) is 32.3 Å². The quantitative estimate of drug-likeness (QED) is 0.488. The van der Waals surface area contributed by atoms with Crippen molar-refractivity contribution in [1.29, 1.82) is 0 Å². The predicted molar refractivity (Wildman–Crippen MR) is 116 cm³/mol. The number of hydrogen-bond acceptors (Lipinski definition) is 7. The number of nitrogens with one attached hydrogen (secondary N) is 1. The Morgan fingerprint density at radius 3 is 2.72 bits per heavy atom. The molecule has 1 aliphatic rings. The third kappa shape index (κ3) is 5.39. The molecule has 1 fully saturated rings. The molecule has 0 unspecified atom stereocenters. The van der Waals surface area contributed by atoms with Crippen LogP contribution in [-0.4, -0.2) is 39.0 Å². The third-order valence-electron chi connectivity index (χ3n) is 5.05. The summed E-state index contributed by atoms with van der Waals surface area (Å²) in [6.07, 6.45) is 6.90. The molecule has 0 radical (unpaired) electrons. The van der Waals surface area contributed by atoms with E-state index in [1.54, 1.807) is 13.0 Å². The van der Waals surface area contributed by atoms with Crippen LogP contribution in [0.4, 0.5) is 5.00 Å². The molecule has 2 heterocycles. The van der Waals surface area contributed by atoms with Crippen LogP contribution in [0.1, 0.15) is 72.9 Å². The van der Waals surface area contributed by atoms with Crippen LogP contribution in [0, 0.1) is 0 Å². The summed E-state index contributed by atoms with van der Waals surface area (Å²) in [6, 6.07) is 1.80. The van der Waals surface area contributed by atoms with Gasteiger partial charge in [-0.15, -0.1) is 21.5 Å². The van der Waals surface area contributed by atoms with Crippen LogP contribution in [0.15, 0.2) is 11.2 Å². The molecule has 1 aliphatic carbocycles. The van der Waals surface area contributed by atoms with E-state index in [2.05, 4.69) is 15.5 Å². The number of amides is 1. The fourth-order valence-corrected chi connectivity index (χ4v) is 5.25. The van der Waals surface area contributed by atoms with Crippen LogP contribution in [-0.2, 0) is 23.0 Å². The maximum absolute atomic E-state index is 12.5. The first-order chi connectivity index (χ1) is 14.0. The Hall–Kier alpha value is -1.87. The SMILES string of the molecule is CCOC(=O)c1cc(CC)sc1NC(=O)CSc1nnc(C2CCCCC2)n1C. The van der Waals surface area contributed by atoms with Crippen molar-refractivity contribution in [2.45, 2.75) is 63.4 Å². The number of hydrogen-bond donors (Lipinski definition) is 1. The minimum atomic E-state index is -0.406. The van der Waals surface area contributed by atoms with Gasteiger partial charge >= 0.3 is 5.97 Å². The van der Waals surface area contributed by atoms with E-state index in [-0.39, 0.29) is 11.7 Å². The van der Waals surface area contributed by atoms with Crippen LogP contribution in [0.2, 0.25) is 0 Å². The van der Waals surface area contributed by atoms with E-state index in [0.717, 1.165) is 35.1 Å². The van der Waals surface area contributed by atoms with E-state index in [1.165, 1.54) is 42.4 Å². The molecule has 29 heavy (non-hydrogen) atoms. The number of nitrogens with zero attached hydrogens (tertiary/aromatic N) is 3. The van der Waals surface area contributed by atoms with Crippen molar-refractivity contribution in [2.24, 2.45) is 7.05 Å². The van der Waals surface area contributed by atoms with E-state index >= 15 is 0 Å². The zero-order valence-electron chi connectivity index (χ0n) is 17.2. The molecule has 9 heteroatoms. The molecule has 0 saturated heterocycles. The lowest BCUT2D eigenvalue weighted by atomic mass is 9.89. The monoisotopic (exact) mass is 436 g/mol. The number of thiophene rings is 1. The number of thioether (sulfide) groups is 1. The highest BCUT2D eigenvalue weighted by Crippen LogP contribution is 2.33. The molecule has 1 N–H and O–H groups in total. The second kappa shape index (κ2) is 10.2. The Kier molecular flexibility index (Phi) is 7.71. The van der Waals surface area contributed by atoms with Crippen LogP contribution in [0.3, 0.4) is 0 Å². The maximum atomic E-state index is 12.5. The second-order valence-electron chi connectivity index (χ2n) is 7.10. The molecule has 0 aliphatic heterocycles. The third-order valence-corrected chi connectivity index (χ3v) is 7.27. The molecule has 0 atom stereocenters. The standard InChI is InChI=1S/C20H28N4O3S2/c1-4-14-11-15(19(26)27-5-2)18(29-14)21-16(25)12-28-20-23-22-17(24(20)3)13-9-7-6-8-10-13/h11,13H,4-10,12H2,1-3H3,(H,21,25). The number of carbonyl (C=O) groups excluding carboxylic acids is 2. The summed E-state index contributed by atoms with van der Waals surface area (Å²) in [5.41, 5.74) is 0.422. The summed E-state index contributed by atoms with van der Waals surface area (Å²) < 4.78 is 7.12. The van der Waals surface area contributed by atoms with E-state index in [0.29, 0.717) is 23.1 Å². The number of aromatic nitrogens is 3. The minimum absolute atomic E-state index is 0.174. The minimum Gasteiger partial charge on any atom is -0.462 e. The molecular weight excluding hydrogens is 408 g/mol. The highest BCUT2D eigenvalue weighted by atomic mass is 32.2. The highest BCUT2D eigenvalue weighted by molar-refractivity contribution is 7.99. The molecule has 0 bridgehead atoms. The van der Waals surface area contributed by atoms with Crippen molar-refractivity contribution in [1.82, 2.24) is 14.8 Å². The smallest absolute Gasteiger partial charge is 0.341 e. The summed E-state index contributed by atoms with van der Waals surface area (Å²) in [7, 11) is 1.97. The van der Waals surface area contributed by atoms with Crippen LogP contribution >= 0.6 is 23.1 Å². The average Bonchev–Trinajstić information content (AvgIpc) is 3.30. The molecule has 0 spiro atoms. The van der Waals surface area contributed by atoms with Gasteiger partial charge in [-0.3, -0.25) is 4.79 Å². The van der Waals surface area contributed by atoms with Crippen molar-refractivity contribution < 1.29 is 14.3 Å². The zero-order chi connectivity index (χ0) is 20.8. The van der Waals surface area contributed by atoms with Crippen molar-refractivity contribution >= 4 is 40.0 Å². The Bertz CT molecular complexity index is 856. The fourth-order valence-electron chi connectivity index (χ4n) is 3.53. The topological polar surface area (TPSA) is 86.1 Å². The summed E-state index contributed by atoms with van der Waals surface area (Å²) in [5.74, 6) is 1.11. The molecule has 2 aromatic heterocycles. The molecule has 158 valence electrons. The Morgan fingerprint density at radius 1 is 1.28 bits per heavy atom. The van der Waals surface area contributed by atoms with Crippen LogP contribution in [0.25, 0.3) is 0 Å². The largest absolute Gasteiger partial charge is 0.462 e. The molecule has 0 aromatic carbocycles. The van der Waals surface area contributed by atoms with Gasteiger partial charge < -0.3 is 14.6 Å². The Morgan fingerprint density at radius 2 is 2.03 bits per heavy atom. The van der Waals surface area contributed by atoms with E-state index in [4.69, 9.17) is 4.74 Å². The van der Waals surface area contributed by atoms with Gasteiger partial charge in [-0.2, -0.15) is 0 Å². The highest BCUT2D eigenvalue weighted by Gasteiger charge is 2.23. The lowest BCUT2D eigenvalue weighted by Crippen LogP contribution is -2.16. The maximum Gasteiger partial charge on any atom is 0.341 e. The molecular formula is C20H28N4O3S2. The van der Waals surface area contributed by atoms with E-state index < -0.39 is 5.97 Å². The number of esters is 1. The first-order valence-electron chi connectivity index (χ1n) is 10.1. The van der Waals surface area contributed by atoms with Gasteiger partial charge in [0.2, 0.25) is 5.91 Å². The molecule has 7 nitrogen and oxygen atoms in total. The zero-order valence-corrected chi connectivity index (χ0v) is 18.8. The normalized spacial score (nSPS) is 14.7. The van der Waals surface area contributed by atoms with Crippen molar-refractivity contribution in [3.05, 3.63) is 22.3 Å². The Labute approximate surface area is 179 Å². The number of aryl methyl sites for hydroxylation is 1. The molecule has 1 amide bonds. The summed E-state index contributed by atoms with van der Waals surface area (Å²) in [5, 5.41) is 12.8. The van der Waals surface area contributed by atoms with Crippen molar-refractivity contribution in [2.75, 3.05) is 17.7 Å². The second-order valence-corrected chi connectivity index (χ2v) is 9.18. The van der Waals surface area contributed by atoms with Crippen molar-refractivity contribution in [3.63, 3.8) is 0 Å². The van der Waals surface area contributed by atoms with Crippen molar-refractivity contribution in [3.8, 4) is 0 Å². The number of carbonyl (C=O) groups is 2. The number of anilines is 1. The number of rotatable bonds is 8. The molecule has 3 rings (SSSR count). The molecule has 2 aromatic rings. The van der Waals surface area contributed by atoms with Gasteiger partial charge in [-0.1, -0.05) is 37.9 Å². The molecule has 1 saturated carbocycles. The summed E-state index contributed by atoms with van der Waals surface area (Å²) in [4.78, 5) is 25.7. The number of ether oxygens (including phenoxy) is 1. The van der Waals surface area contributed by atoms with Crippen LogP contribution in [0.5, 0.6) is 0 Å². The van der Waals surface area contributed by atoms with E-state index in [9.17, 15) is 9.59 Å². The Balaban J connectivity index is 1.61. The van der Waals surface area contributed by atoms with Gasteiger partial charge in [0.25, 0.3) is 0 Å².